The highest BCUT2D eigenvalue weighted by Gasteiger charge is 2.37. The maximum absolute atomic E-state index is 11.5. The van der Waals surface area contributed by atoms with E-state index >= 15 is 0 Å². The Hall–Kier alpha value is -2.17. The molecule has 0 radical (unpaired) electrons. The number of likely N-dealkylation sites (tertiary alicyclic amines) is 1. The molecular weight excluding hydrogens is 222 g/mol. The molecule has 1 aliphatic heterocycles. The van der Waals surface area contributed by atoms with Crippen molar-refractivity contribution in [1.82, 2.24) is 4.90 Å². The zero-order valence-corrected chi connectivity index (χ0v) is 9.00. The lowest BCUT2D eigenvalue weighted by Gasteiger charge is -2.23. The summed E-state index contributed by atoms with van der Waals surface area (Å²) in [5, 5.41) is 9.19. The Morgan fingerprint density at radius 3 is 2.35 bits per heavy atom. The smallest absolute Gasteiger partial charge is 0.331 e. The highest BCUT2D eigenvalue weighted by Crippen LogP contribution is 2.24. The van der Waals surface area contributed by atoms with Gasteiger partial charge in [0.15, 0.2) is 11.8 Å². The van der Waals surface area contributed by atoms with Gasteiger partial charge in [0, 0.05) is 0 Å². The molecule has 0 bridgehead atoms. The molecule has 0 spiro atoms. The van der Waals surface area contributed by atoms with Gasteiger partial charge in [-0.15, -0.1) is 0 Å². The van der Waals surface area contributed by atoms with Crippen LogP contribution in [0.5, 0.6) is 0 Å². The molecule has 1 N–H and O–H groups in total. The predicted octanol–water partition coefficient (Wildman–Crippen LogP) is 0.614. The molecule has 5 heteroatoms. The number of nitrogens with zero attached hydrogens (tertiary/aromatic N) is 1. The third-order valence-corrected chi connectivity index (χ3v) is 2.68. The van der Waals surface area contributed by atoms with Crippen molar-refractivity contribution in [2.45, 2.75) is 12.5 Å². The van der Waals surface area contributed by atoms with Gasteiger partial charge in [-0.2, -0.15) is 0 Å². The number of aliphatic carboxylic acids is 1. The van der Waals surface area contributed by atoms with Crippen LogP contribution in [0.1, 0.15) is 18.0 Å². The zero-order valence-electron chi connectivity index (χ0n) is 9.00. The summed E-state index contributed by atoms with van der Waals surface area (Å²) in [5.41, 5.74) is 0.503. The number of hydrogen-bond donors (Lipinski definition) is 1. The van der Waals surface area contributed by atoms with Crippen LogP contribution >= 0.6 is 0 Å². The Balaban J connectivity index is 2.34. The molecule has 1 heterocycles. The molecule has 1 fully saturated rings. The molecule has 1 amide bonds. The van der Waals surface area contributed by atoms with Crippen molar-refractivity contribution in [2.24, 2.45) is 0 Å². The summed E-state index contributed by atoms with van der Waals surface area (Å²) >= 11 is 0. The molecule has 0 aliphatic carbocycles. The number of carbonyl (C=O) groups is 3. The number of hydrogen-bond acceptors (Lipinski definition) is 3. The number of rotatable bonds is 3. The molecule has 0 saturated carbocycles. The summed E-state index contributed by atoms with van der Waals surface area (Å²) in [6, 6.07) is 7.36. The molecule has 1 aliphatic rings. The highest BCUT2D eigenvalue weighted by atomic mass is 16.4. The summed E-state index contributed by atoms with van der Waals surface area (Å²) in [6.07, 6.45) is -0.198. The second kappa shape index (κ2) is 4.37. The van der Waals surface area contributed by atoms with Crippen LogP contribution in [0.25, 0.3) is 0 Å². The van der Waals surface area contributed by atoms with Crippen molar-refractivity contribution >= 4 is 17.7 Å². The summed E-state index contributed by atoms with van der Waals surface area (Å²) in [5.74, 6) is -1.79. The van der Waals surface area contributed by atoms with Gasteiger partial charge >= 0.3 is 5.97 Å². The number of carbonyl (C=O) groups excluding carboxylic acids is 2. The van der Waals surface area contributed by atoms with Crippen molar-refractivity contribution in [2.75, 3.05) is 6.54 Å². The van der Waals surface area contributed by atoms with E-state index in [1.165, 1.54) is 0 Å². The van der Waals surface area contributed by atoms with Gasteiger partial charge in [0.1, 0.15) is 0 Å². The monoisotopic (exact) mass is 233 g/mol. The van der Waals surface area contributed by atoms with Gasteiger partial charge in [0.2, 0.25) is 5.91 Å². The third-order valence-electron chi connectivity index (χ3n) is 2.68. The molecule has 88 valence electrons. The minimum absolute atomic E-state index is 0.120. The second-order valence-electron chi connectivity index (χ2n) is 3.89. The van der Waals surface area contributed by atoms with Crippen molar-refractivity contribution in [3.8, 4) is 0 Å². The second-order valence-corrected chi connectivity index (χ2v) is 3.89. The Kier molecular flexibility index (Phi) is 2.91. The van der Waals surface area contributed by atoms with E-state index in [4.69, 9.17) is 0 Å². The van der Waals surface area contributed by atoms with Gasteiger partial charge in [-0.25, -0.2) is 4.79 Å². The van der Waals surface area contributed by atoms with Crippen LogP contribution in [-0.4, -0.2) is 34.2 Å². The van der Waals surface area contributed by atoms with Crippen molar-refractivity contribution in [1.29, 1.82) is 0 Å². The summed E-state index contributed by atoms with van der Waals surface area (Å²) in [7, 11) is 0. The van der Waals surface area contributed by atoms with Crippen LogP contribution in [-0.2, 0) is 14.4 Å². The topological polar surface area (TPSA) is 74.7 Å². The van der Waals surface area contributed by atoms with Crippen LogP contribution in [0.3, 0.4) is 0 Å². The molecule has 1 atom stereocenters. The van der Waals surface area contributed by atoms with Gasteiger partial charge in [0.05, 0.1) is 13.0 Å². The van der Waals surface area contributed by atoms with E-state index in [-0.39, 0.29) is 18.7 Å². The number of Topliss-reactive ketones (excluding diaryl/α,β-unsaturated/α-hetero) is 1. The average Bonchev–Trinajstić information content (AvgIpc) is 2.59. The van der Waals surface area contributed by atoms with Crippen LogP contribution in [0.2, 0.25) is 0 Å². The van der Waals surface area contributed by atoms with Crippen molar-refractivity contribution in [3.05, 3.63) is 35.9 Å². The molecule has 0 aromatic heterocycles. The van der Waals surface area contributed by atoms with Gasteiger partial charge < -0.3 is 10.0 Å². The quantitative estimate of drug-likeness (QED) is 0.776. The average molecular weight is 233 g/mol. The lowest BCUT2D eigenvalue weighted by atomic mass is 10.1. The van der Waals surface area contributed by atoms with E-state index in [0.29, 0.717) is 5.56 Å². The van der Waals surface area contributed by atoms with Crippen molar-refractivity contribution in [3.63, 3.8) is 0 Å². The molecule has 1 saturated heterocycles. The normalized spacial score (nSPS) is 17.3. The minimum Gasteiger partial charge on any atom is -0.479 e. The highest BCUT2D eigenvalue weighted by molar-refractivity contribution is 6.06. The third kappa shape index (κ3) is 2.18. The van der Waals surface area contributed by atoms with Gasteiger partial charge in [0.25, 0.3) is 0 Å². The molecular formula is C12H11NO4. The SMILES string of the molecule is O=C1CC(=O)N(C(C(=O)O)c2ccccc2)C1. The fourth-order valence-electron chi connectivity index (χ4n) is 1.93. The molecule has 5 nitrogen and oxygen atoms in total. The van der Waals surface area contributed by atoms with E-state index in [9.17, 15) is 19.5 Å². The van der Waals surface area contributed by atoms with Crippen LogP contribution in [0.4, 0.5) is 0 Å². The standard InChI is InChI=1S/C12H11NO4/c14-9-6-10(15)13(7-9)11(12(16)17)8-4-2-1-3-5-8/h1-5,11H,6-7H2,(H,16,17). The Bertz CT molecular complexity index is 469. The molecule has 1 aromatic carbocycles. The first-order valence-corrected chi connectivity index (χ1v) is 5.18. The summed E-state index contributed by atoms with van der Waals surface area (Å²) in [6.45, 7) is -0.120. The van der Waals surface area contributed by atoms with E-state index < -0.39 is 17.9 Å². The molecule has 1 unspecified atom stereocenters. The van der Waals surface area contributed by atoms with Gasteiger partial charge in [-0.3, -0.25) is 9.59 Å². The van der Waals surface area contributed by atoms with Crippen LogP contribution < -0.4 is 0 Å². The number of benzene rings is 1. The maximum Gasteiger partial charge on any atom is 0.331 e. The van der Waals surface area contributed by atoms with E-state index in [1.807, 2.05) is 0 Å². The Morgan fingerprint density at radius 2 is 1.88 bits per heavy atom. The van der Waals surface area contributed by atoms with Gasteiger partial charge in [-0.1, -0.05) is 30.3 Å². The lowest BCUT2D eigenvalue weighted by molar-refractivity contribution is -0.148. The van der Waals surface area contributed by atoms with E-state index in [2.05, 4.69) is 0 Å². The zero-order chi connectivity index (χ0) is 12.4. The largest absolute Gasteiger partial charge is 0.479 e. The summed E-state index contributed by atoms with van der Waals surface area (Å²) in [4.78, 5) is 35.1. The Morgan fingerprint density at radius 1 is 1.24 bits per heavy atom. The predicted molar refractivity (Wildman–Crippen MR) is 58.2 cm³/mol. The minimum atomic E-state index is -1.13. The summed E-state index contributed by atoms with van der Waals surface area (Å²) < 4.78 is 0. The van der Waals surface area contributed by atoms with Crippen molar-refractivity contribution < 1.29 is 19.5 Å². The first kappa shape index (κ1) is 11.3. The maximum atomic E-state index is 11.5. The van der Waals surface area contributed by atoms with Crippen LogP contribution in [0.15, 0.2) is 30.3 Å². The molecule has 17 heavy (non-hydrogen) atoms. The first-order valence-electron chi connectivity index (χ1n) is 5.18. The lowest BCUT2D eigenvalue weighted by Crippen LogP contribution is -2.35. The number of carboxylic acid groups (broad SMARTS) is 1. The van der Waals surface area contributed by atoms with Crippen LogP contribution in [0, 0.1) is 0 Å². The number of ketones is 1. The Labute approximate surface area is 97.7 Å². The first-order chi connectivity index (χ1) is 8.09. The van der Waals surface area contributed by atoms with E-state index in [0.717, 1.165) is 4.90 Å². The molecule has 2 rings (SSSR count). The van der Waals surface area contributed by atoms with Gasteiger partial charge in [-0.05, 0) is 5.56 Å². The fraction of sp³-hybridized carbons (Fsp3) is 0.250. The molecule has 1 aromatic rings. The fourth-order valence-corrected chi connectivity index (χ4v) is 1.93. The number of carboxylic acids is 1. The van der Waals surface area contributed by atoms with E-state index in [1.54, 1.807) is 30.3 Å². The number of amides is 1.